The minimum Gasteiger partial charge on any atom is -0.388 e. The van der Waals surface area contributed by atoms with E-state index in [1.54, 1.807) is 14.0 Å². The number of likely N-dealkylation sites (N-methyl/N-ethyl adjacent to an activating group) is 1. The van der Waals surface area contributed by atoms with Gasteiger partial charge in [0.1, 0.15) is 0 Å². The van der Waals surface area contributed by atoms with Crippen molar-refractivity contribution in [3.63, 3.8) is 0 Å². The lowest BCUT2D eigenvalue weighted by atomic mass is 9.97. The molecule has 0 atom stereocenters. The molecule has 0 radical (unpaired) electrons. The summed E-state index contributed by atoms with van der Waals surface area (Å²) in [4.78, 5) is 26.6. The smallest absolute Gasteiger partial charge is 0.239 e. The Morgan fingerprint density at radius 2 is 2.06 bits per heavy atom. The SMILES string of the molecule is CN(CC(=O)NC1CC1)C(=O)CN1CC(C)(O)C1. The maximum atomic E-state index is 11.8. The summed E-state index contributed by atoms with van der Waals surface area (Å²) in [5, 5.41) is 12.4. The third kappa shape index (κ3) is 3.68. The number of rotatable bonds is 5. The summed E-state index contributed by atoms with van der Waals surface area (Å²) in [5.74, 6) is -0.180. The molecule has 6 heteroatoms. The van der Waals surface area contributed by atoms with Crippen molar-refractivity contribution in [2.45, 2.75) is 31.4 Å². The van der Waals surface area contributed by atoms with Crippen LogP contribution in [0, 0.1) is 0 Å². The molecule has 2 rings (SSSR count). The van der Waals surface area contributed by atoms with Crippen molar-refractivity contribution < 1.29 is 14.7 Å². The molecule has 0 aromatic rings. The van der Waals surface area contributed by atoms with Gasteiger partial charge in [-0.1, -0.05) is 0 Å². The van der Waals surface area contributed by atoms with Gasteiger partial charge >= 0.3 is 0 Å². The predicted octanol–water partition coefficient (Wildman–Crippen LogP) is -1.21. The van der Waals surface area contributed by atoms with Gasteiger partial charge in [-0.2, -0.15) is 0 Å². The van der Waals surface area contributed by atoms with E-state index >= 15 is 0 Å². The van der Waals surface area contributed by atoms with Crippen LogP contribution < -0.4 is 5.32 Å². The summed E-state index contributed by atoms with van der Waals surface area (Å²) in [6, 6.07) is 0.325. The number of amides is 2. The van der Waals surface area contributed by atoms with E-state index in [9.17, 15) is 14.7 Å². The van der Waals surface area contributed by atoms with Crippen LogP contribution in [-0.2, 0) is 9.59 Å². The molecule has 2 aliphatic rings. The van der Waals surface area contributed by atoms with Crippen molar-refractivity contribution in [1.29, 1.82) is 0 Å². The number of hydrogen-bond acceptors (Lipinski definition) is 4. The van der Waals surface area contributed by atoms with E-state index in [1.807, 2.05) is 4.90 Å². The predicted molar refractivity (Wildman–Crippen MR) is 65.9 cm³/mol. The van der Waals surface area contributed by atoms with Gasteiger partial charge in [0.25, 0.3) is 0 Å². The van der Waals surface area contributed by atoms with Crippen molar-refractivity contribution in [1.82, 2.24) is 15.1 Å². The molecule has 0 spiro atoms. The minimum atomic E-state index is -0.664. The van der Waals surface area contributed by atoms with E-state index < -0.39 is 5.60 Å². The number of carbonyl (C=O) groups excluding carboxylic acids is 2. The molecular weight excluding hydrogens is 234 g/mol. The zero-order chi connectivity index (χ0) is 13.3. The van der Waals surface area contributed by atoms with E-state index in [1.165, 1.54) is 4.90 Å². The van der Waals surface area contributed by atoms with Gasteiger partial charge in [0, 0.05) is 26.2 Å². The molecule has 6 nitrogen and oxygen atoms in total. The third-order valence-electron chi connectivity index (χ3n) is 3.24. The third-order valence-corrected chi connectivity index (χ3v) is 3.24. The Morgan fingerprint density at radius 3 is 2.56 bits per heavy atom. The maximum absolute atomic E-state index is 11.8. The molecule has 0 aromatic heterocycles. The first-order chi connectivity index (χ1) is 8.35. The molecule has 1 saturated carbocycles. The fourth-order valence-corrected chi connectivity index (χ4v) is 2.15. The Hall–Kier alpha value is -1.14. The van der Waals surface area contributed by atoms with Gasteiger partial charge in [-0.25, -0.2) is 0 Å². The van der Waals surface area contributed by atoms with E-state index in [0.717, 1.165) is 12.8 Å². The van der Waals surface area contributed by atoms with E-state index in [2.05, 4.69) is 5.32 Å². The summed E-state index contributed by atoms with van der Waals surface area (Å²) in [5.41, 5.74) is -0.664. The summed E-state index contributed by atoms with van der Waals surface area (Å²) in [6.07, 6.45) is 2.10. The summed E-state index contributed by atoms with van der Waals surface area (Å²) >= 11 is 0. The van der Waals surface area contributed by atoms with Crippen LogP contribution in [0.1, 0.15) is 19.8 Å². The number of likely N-dealkylation sites (tertiary alicyclic amines) is 1. The normalized spacial score (nSPS) is 22.2. The second kappa shape index (κ2) is 4.85. The number of β-amino-alcohol motifs (C(OH)–C–C–N with tert-alkyl or cyclic N) is 1. The zero-order valence-electron chi connectivity index (χ0n) is 11.0. The van der Waals surface area contributed by atoms with Crippen molar-refractivity contribution in [3.8, 4) is 0 Å². The Labute approximate surface area is 107 Å². The molecule has 2 fully saturated rings. The molecule has 1 saturated heterocycles. The van der Waals surface area contributed by atoms with E-state index in [4.69, 9.17) is 0 Å². The number of nitrogens with zero attached hydrogens (tertiary/aromatic N) is 2. The summed E-state index contributed by atoms with van der Waals surface area (Å²) in [7, 11) is 1.63. The number of carbonyl (C=O) groups is 2. The largest absolute Gasteiger partial charge is 0.388 e. The Kier molecular flexibility index (Phi) is 3.59. The highest BCUT2D eigenvalue weighted by atomic mass is 16.3. The number of hydrogen-bond donors (Lipinski definition) is 2. The van der Waals surface area contributed by atoms with Gasteiger partial charge in [-0.3, -0.25) is 14.5 Å². The molecule has 2 amide bonds. The summed E-state index contributed by atoms with van der Waals surface area (Å²) in [6.45, 7) is 3.16. The first-order valence-electron chi connectivity index (χ1n) is 6.34. The average Bonchev–Trinajstić information content (AvgIpc) is 2.98. The minimum absolute atomic E-state index is 0.0866. The lowest BCUT2D eigenvalue weighted by molar-refractivity contribution is -0.141. The van der Waals surface area contributed by atoms with E-state index in [0.29, 0.717) is 19.1 Å². The van der Waals surface area contributed by atoms with Crippen LogP contribution in [0.4, 0.5) is 0 Å². The standard InChI is InChI=1S/C12H21N3O3/c1-12(18)7-15(8-12)6-11(17)14(2)5-10(16)13-9-3-4-9/h9,18H,3-8H2,1-2H3,(H,13,16). The van der Waals surface area contributed by atoms with Gasteiger partial charge in [0.2, 0.25) is 11.8 Å². The fourth-order valence-electron chi connectivity index (χ4n) is 2.15. The van der Waals surface area contributed by atoms with Gasteiger partial charge in [0.05, 0.1) is 18.7 Å². The second-order valence-electron chi connectivity index (χ2n) is 5.73. The van der Waals surface area contributed by atoms with E-state index in [-0.39, 0.29) is 24.9 Å². The van der Waals surface area contributed by atoms with Crippen molar-refractivity contribution in [2.75, 3.05) is 33.2 Å². The maximum Gasteiger partial charge on any atom is 0.239 e. The van der Waals surface area contributed by atoms with Crippen molar-refractivity contribution in [3.05, 3.63) is 0 Å². The van der Waals surface area contributed by atoms with Crippen molar-refractivity contribution >= 4 is 11.8 Å². The molecular formula is C12H21N3O3. The monoisotopic (exact) mass is 255 g/mol. The van der Waals surface area contributed by atoms with Crippen LogP contribution in [-0.4, -0.2) is 71.6 Å². The van der Waals surface area contributed by atoms with Crippen LogP contribution in [0.3, 0.4) is 0 Å². The van der Waals surface area contributed by atoms with Gasteiger partial charge in [-0.05, 0) is 19.8 Å². The second-order valence-corrected chi connectivity index (χ2v) is 5.73. The molecule has 0 aromatic carbocycles. The average molecular weight is 255 g/mol. The first kappa shape index (κ1) is 13.3. The van der Waals surface area contributed by atoms with Gasteiger partial charge in [0.15, 0.2) is 0 Å². The lowest BCUT2D eigenvalue weighted by Gasteiger charge is -2.44. The van der Waals surface area contributed by atoms with Gasteiger partial charge in [-0.15, -0.1) is 0 Å². The molecule has 102 valence electrons. The molecule has 0 bridgehead atoms. The molecule has 1 aliphatic carbocycles. The Balaban J connectivity index is 1.66. The molecule has 18 heavy (non-hydrogen) atoms. The van der Waals surface area contributed by atoms with Crippen LogP contribution in [0.5, 0.6) is 0 Å². The van der Waals surface area contributed by atoms with Crippen LogP contribution in [0.2, 0.25) is 0 Å². The van der Waals surface area contributed by atoms with Crippen LogP contribution in [0.15, 0.2) is 0 Å². The molecule has 0 unspecified atom stereocenters. The number of nitrogens with one attached hydrogen (secondary N) is 1. The highest BCUT2D eigenvalue weighted by molar-refractivity contribution is 5.85. The molecule has 2 N–H and O–H groups in total. The quantitative estimate of drug-likeness (QED) is 0.646. The topological polar surface area (TPSA) is 72.9 Å². The van der Waals surface area contributed by atoms with Gasteiger partial charge < -0.3 is 15.3 Å². The molecule has 1 aliphatic heterocycles. The summed E-state index contributed by atoms with van der Waals surface area (Å²) < 4.78 is 0. The first-order valence-corrected chi connectivity index (χ1v) is 6.34. The highest BCUT2D eigenvalue weighted by Crippen LogP contribution is 2.19. The lowest BCUT2D eigenvalue weighted by Crippen LogP contribution is -2.61. The number of aliphatic hydroxyl groups is 1. The van der Waals surface area contributed by atoms with Crippen LogP contribution in [0.25, 0.3) is 0 Å². The Bertz CT molecular complexity index is 344. The highest BCUT2D eigenvalue weighted by Gasteiger charge is 2.37. The molecule has 1 heterocycles. The fraction of sp³-hybridized carbons (Fsp3) is 0.833. The van der Waals surface area contributed by atoms with Crippen LogP contribution >= 0.6 is 0 Å². The zero-order valence-corrected chi connectivity index (χ0v) is 11.0. The Morgan fingerprint density at radius 1 is 1.44 bits per heavy atom. The van der Waals surface area contributed by atoms with Crippen molar-refractivity contribution in [2.24, 2.45) is 0 Å².